The molecule has 1 amide bonds. The van der Waals surface area contributed by atoms with Gasteiger partial charge in [-0.3, -0.25) is 14.9 Å². The van der Waals surface area contributed by atoms with Gasteiger partial charge in [0.2, 0.25) is 11.9 Å². The van der Waals surface area contributed by atoms with Crippen LogP contribution in [0.15, 0.2) is 36.4 Å². The third-order valence-electron chi connectivity index (χ3n) is 4.49. The first kappa shape index (κ1) is 17.7. The number of nitro groups is 1. The molecule has 3 rings (SSSR count). The number of nitrogens with zero attached hydrogens (tertiary/aromatic N) is 2. The van der Waals surface area contributed by atoms with Gasteiger partial charge in [0.05, 0.1) is 11.4 Å². The zero-order valence-corrected chi connectivity index (χ0v) is 15.3. The van der Waals surface area contributed by atoms with Crippen LogP contribution in [0.3, 0.4) is 0 Å². The highest BCUT2D eigenvalue weighted by Gasteiger charge is 2.54. The summed E-state index contributed by atoms with van der Waals surface area (Å²) >= 11 is 7.29. The van der Waals surface area contributed by atoms with Gasteiger partial charge in [-0.2, -0.15) is 0 Å². The number of thiophene rings is 1. The summed E-state index contributed by atoms with van der Waals surface area (Å²) in [6, 6.07) is 9.20. The van der Waals surface area contributed by atoms with Crippen LogP contribution in [0, 0.1) is 16.0 Å². The average molecular weight is 381 g/mol. The van der Waals surface area contributed by atoms with Crippen molar-refractivity contribution in [3.05, 3.63) is 61.3 Å². The highest BCUT2D eigenvalue weighted by molar-refractivity contribution is 7.16. The Morgan fingerprint density at radius 2 is 1.96 bits per heavy atom. The molecule has 1 aliphatic heterocycles. The van der Waals surface area contributed by atoms with Crippen molar-refractivity contribution in [3.8, 4) is 5.75 Å². The Morgan fingerprint density at radius 3 is 2.48 bits per heavy atom. The number of rotatable bonds is 5. The van der Waals surface area contributed by atoms with Crippen molar-refractivity contribution >= 4 is 28.8 Å². The maximum absolute atomic E-state index is 12.7. The van der Waals surface area contributed by atoms with Crippen molar-refractivity contribution in [1.29, 1.82) is 0 Å². The van der Waals surface area contributed by atoms with E-state index in [0.29, 0.717) is 10.9 Å². The van der Waals surface area contributed by atoms with E-state index in [-0.39, 0.29) is 10.8 Å². The lowest BCUT2D eigenvalue weighted by atomic mass is 10.00. The van der Waals surface area contributed by atoms with Crippen molar-refractivity contribution < 1.29 is 14.5 Å². The number of hydrogen-bond donors (Lipinski definition) is 0. The Labute approximate surface area is 154 Å². The summed E-state index contributed by atoms with van der Waals surface area (Å²) < 4.78 is 5.69. The minimum atomic E-state index is -0.986. The molecule has 2 heterocycles. The van der Waals surface area contributed by atoms with Gasteiger partial charge in [0.15, 0.2) is 0 Å². The fourth-order valence-corrected chi connectivity index (χ4v) is 4.43. The molecule has 1 aromatic carbocycles. The zero-order valence-electron chi connectivity index (χ0n) is 13.7. The molecule has 25 heavy (non-hydrogen) atoms. The minimum absolute atomic E-state index is 0.216. The van der Waals surface area contributed by atoms with E-state index in [9.17, 15) is 14.9 Å². The lowest BCUT2D eigenvalue weighted by Gasteiger charge is -2.24. The highest BCUT2D eigenvalue weighted by Crippen LogP contribution is 2.42. The van der Waals surface area contributed by atoms with Crippen LogP contribution in [-0.4, -0.2) is 28.9 Å². The molecule has 1 aliphatic rings. The van der Waals surface area contributed by atoms with Crippen LogP contribution in [0.1, 0.15) is 23.4 Å². The maximum atomic E-state index is 12.7. The van der Waals surface area contributed by atoms with Gasteiger partial charge >= 0.3 is 0 Å². The van der Waals surface area contributed by atoms with Crippen LogP contribution in [0.2, 0.25) is 4.34 Å². The van der Waals surface area contributed by atoms with Crippen molar-refractivity contribution in [1.82, 2.24) is 4.90 Å². The molecule has 0 saturated carbocycles. The Kier molecular flexibility index (Phi) is 4.96. The molecule has 2 aromatic rings. The molecule has 3 unspecified atom stereocenters. The van der Waals surface area contributed by atoms with Crippen LogP contribution in [0.5, 0.6) is 5.75 Å². The van der Waals surface area contributed by atoms with E-state index in [1.807, 2.05) is 12.1 Å². The lowest BCUT2D eigenvalue weighted by Crippen LogP contribution is -2.32. The Balaban J connectivity index is 1.95. The van der Waals surface area contributed by atoms with Gasteiger partial charge in [-0.1, -0.05) is 23.7 Å². The number of likely N-dealkylation sites (tertiary alicyclic amines) is 1. The molecule has 0 radical (unpaired) electrons. The summed E-state index contributed by atoms with van der Waals surface area (Å²) in [5, 5.41) is 11.6. The second kappa shape index (κ2) is 7.01. The topological polar surface area (TPSA) is 72.7 Å². The fourth-order valence-electron chi connectivity index (χ4n) is 3.21. The Bertz CT molecular complexity index is 792. The largest absolute Gasteiger partial charge is 0.497 e. The number of carbonyl (C=O) groups excluding carboxylic acids is 1. The van der Waals surface area contributed by atoms with Crippen LogP contribution >= 0.6 is 22.9 Å². The lowest BCUT2D eigenvalue weighted by molar-refractivity contribution is -0.532. The molecule has 6 nitrogen and oxygen atoms in total. The normalized spacial score (nSPS) is 23.1. The van der Waals surface area contributed by atoms with Gasteiger partial charge in [-0.25, -0.2) is 0 Å². The first-order valence-electron chi connectivity index (χ1n) is 7.74. The molecular formula is C17H17ClN2O4S. The predicted octanol–water partition coefficient (Wildman–Crippen LogP) is 3.78. The smallest absolute Gasteiger partial charge is 0.249 e. The maximum Gasteiger partial charge on any atom is 0.249 e. The summed E-state index contributed by atoms with van der Waals surface area (Å²) in [5.74, 6) is -0.180. The number of benzene rings is 1. The van der Waals surface area contributed by atoms with E-state index in [1.54, 1.807) is 43.2 Å². The molecule has 1 fully saturated rings. The summed E-state index contributed by atoms with van der Waals surface area (Å²) in [5.41, 5.74) is 0.887. The third-order valence-corrected chi connectivity index (χ3v) is 5.79. The number of ether oxygens (including phenoxy) is 1. The summed E-state index contributed by atoms with van der Waals surface area (Å²) in [7, 11) is 1.58. The third kappa shape index (κ3) is 3.34. The molecule has 0 spiro atoms. The van der Waals surface area contributed by atoms with Gasteiger partial charge in [0, 0.05) is 16.3 Å². The SMILES string of the molecule is COc1ccc(CN2C(=O)C(C)C([N+](=O)[O-])C2c2ccc(Cl)s2)cc1. The summed E-state index contributed by atoms with van der Waals surface area (Å²) in [6.45, 7) is 1.92. The average Bonchev–Trinajstić information content (AvgIpc) is 3.12. The van der Waals surface area contributed by atoms with Crippen molar-refractivity contribution in [3.63, 3.8) is 0 Å². The Hall–Kier alpha value is -2.12. The van der Waals surface area contributed by atoms with Crippen LogP contribution in [-0.2, 0) is 11.3 Å². The van der Waals surface area contributed by atoms with Crippen molar-refractivity contribution in [2.75, 3.05) is 7.11 Å². The molecule has 0 bridgehead atoms. The van der Waals surface area contributed by atoms with Gasteiger partial charge in [-0.05, 0) is 36.8 Å². The molecule has 0 N–H and O–H groups in total. The summed E-state index contributed by atoms with van der Waals surface area (Å²) in [4.78, 5) is 26.3. The van der Waals surface area contributed by atoms with Crippen molar-refractivity contribution in [2.45, 2.75) is 25.6 Å². The van der Waals surface area contributed by atoms with Gasteiger partial charge in [-0.15, -0.1) is 11.3 Å². The monoisotopic (exact) mass is 380 g/mol. The number of methoxy groups -OCH3 is 1. The van der Waals surface area contributed by atoms with Gasteiger partial charge in [0.1, 0.15) is 17.7 Å². The molecule has 1 aromatic heterocycles. The van der Waals surface area contributed by atoms with E-state index >= 15 is 0 Å². The Morgan fingerprint density at radius 1 is 1.28 bits per heavy atom. The number of amides is 1. The number of carbonyl (C=O) groups is 1. The molecule has 132 valence electrons. The van der Waals surface area contributed by atoms with E-state index in [2.05, 4.69) is 0 Å². The fraction of sp³-hybridized carbons (Fsp3) is 0.353. The number of halogens is 1. The molecule has 3 atom stereocenters. The highest BCUT2D eigenvalue weighted by atomic mass is 35.5. The number of hydrogen-bond acceptors (Lipinski definition) is 5. The first-order valence-corrected chi connectivity index (χ1v) is 8.94. The molecule has 1 saturated heterocycles. The molecule has 0 aliphatic carbocycles. The first-order chi connectivity index (χ1) is 11.9. The van der Waals surface area contributed by atoms with Crippen LogP contribution < -0.4 is 4.74 Å². The second-order valence-corrected chi connectivity index (χ2v) is 7.71. The van der Waals surface area contributed by atoms with Crippen molar-refractivity contribution in [2.24, 2.45) is 5.92 Å². The zero-order chi connectivity index (χ0) is 18.1. The molecular weight excluding hydrogens is 364 g/mol. The standard InChI is InChI=1S/C17H17ClN2O4S/c1-10-15(20(22)23)16(13-7-8-14(18)25-13)19(17(10)21)9-11-3-5-12(24-2)6-4-11/h3-8,10,15-16H,9H2,1-2H3. The van der Waals surface area contributed by atoms with Crippen LogP contribution in [0.4, 0.5) is 0 Å². The predicted molar refractivity (Wildman–Crippen MR) is 95.6 cm³/mol. The van der Waals surface area contributed by atoms with E-state index in [1.165, 1.54) is 11.3 Å². The van der Waals surface area contributed by atoms with Gasteiger partial charge < -0.3 is 9.64 Å². The second-order valence-electron chi connectivity index (χ2n) is 5.97. The van der Waals surface area contributed by atoms with E-state index in [4.69, 9.17) is 16.3 Å². The van der Waals surface area contributed by atoms with Crippen LogP contribution in [0.25, 0.3) is 0 Å². The van der Waals surface area contributed by atoms with E-state index in [0.717, 1.165) is 16.2 Å². The minimum Gasteiger partial charge on any atom is -0.497 e. The summed E-state index contributed by atoms with van der Waals surface area (Å²) in [6.07, 6.45) is 0. The van der Waals surface area contributed by atoms with Gasteiger partial charge in [0.25, 0.3) is 0 Å². The quantitative estimate of drug-likeness (QED) is 0.584. The molecule has 8 heteroatoms. The van der Waals surface area contributed by atoms with E-state index < -0.39 is 18.0 Å².